The molecule has 13 aromatic rings. The highest BCUT2D eigenvalue weighted by molar-refractivity contribution is 7.25. The third-order valence-corrected chi connectivity index (χ3v) is 16.3. The van der Waals surface area contributed by atoms with Crippen molar-refractivity contribution in [2.45, 2.75) is 5.41 Å². The van der Waals surface area contributed by atoms with Gasteiger partial charge in [-0.2, -0.15) is 0 Å². The maximum Gasteiger partial charge on any atom is 0.0713 e. The van der Waals surface area contributed by atoms with E-state index in [1.54, 1.807) is 0 Å². The topological polar surface area (TPSA) is 3.24 Å². The van der Waals surface area contributed by atoms with Crippen LogP contribution in [0.4, 0.5) is 17.1 Å². The summed E-state index contributed by atoms with van der Waals surface area (Å²) in [4.78, 5) is 2.38. The predicted octanol–water partition coefficient (Wildman–Crippen LogP) is 19.7. The van der Waals surface area contributed by atoms with Gasteiger partial charge in [-0.25, -0.2) is 0 Å². The van der Waals surface area contributed by atoms with Gasteiger partial charge in [-0.1, -0.05) is 224 Å². The SMILES string of the molecule is c1ccc(C2(c3ccccc3)c3ccccc3-c3ccc(-c4ccc(N(c5ccc(-c6cccc(-c7cccc8ccccc78)c6)cc5)c5ccc(-c6ccc7c(c6)sc6ccccc67)cc5)cc4)cc32)cc1. The van der Waals surface area contributed by atoms with E-state index in [9.17, 15) is 0 Å². The van der Waals surface area contributed by atoms with Crippen LogP contribution in [0.1, 0.15) is 22.3 Å². The molecular formula is C71H47NS. The number of nitrogens with zero attached hydrogens (tertiary/aromatic N) is 1. The van der Waals surface area contributed by atoms with Crippen LogP contribution in [-0.2, 0) is 5.41 Å². The molecule has 1 aliphatic carbocycles. The Bertz CT molecular complexity index is 4130. The standard InChI is InChI=1S/C71H47NS/c1-3-19-56(20-4-1)71(57-21-5-2-6-22-57)67-27-11-9-24-63(67)64-43-35-53(46-68(64)71)49-31-39-59(40-32-49)72(60-41-33-50(34-42-60)54-36-44-66-65-25-10-12-28-69(65)73-70(66)47-54)58-37-29-48(30-38-58)52-17-13-18-55(45-52)62-26-14-16-51-15-7-8-23-61(51)62/h1-47H. The van der Waals surface area contributed by atoms with Gasteiger partial charge in [0.05, 0.1) is 5.41 Å². The number of rotatable bonds is 9. The second-order valence-electron chi connectivity index (χ2n) is 19.2. The zero-order valence-electron chi connectivity index (χ0n) is 40.0. The lowest BCUT2D eigenvalue weighted by Crippen LogP contribution is -2.28. The van der Waals surface area contributed by atoms with Crippen molar-refractivity contribution in [1.29, 1.82) is 0 Å². The first-order valence-electron chi connectivity index (χ1n) is 25.1. The van der Waals surface area contributed by atoms with Crippen LogP contribution in [0.15, 0.2) is 285 Å². The Hall–Kier alpha value is -9.08. The minimum Gasteiger partial charge on any atom is -0.311 e. The first-order chi connectivity index (χ1) is 36.2. The van der Waals surface area contributed by atoms with Crippen molar-refractivity contribution in [3.8, 4) is 55.6 Å². The summed E-state index contributed by atoms with van der Waals surface area (Å²) in [5, 5.41) is 5.15. The van der Waals surface area contributed by atoms with E-state index < -0.39 is 5.41 Å². The normalized spacial score (nSPS) is 12.5. The van der Waals surface area contributed by atoms with Gasteiger partial charge in [-0.05, 0) is 149 Å². The van der Waals surface area contributed by atoms with Gasteiger partial charge in [0, 0.05) is 37.2 Å². The monoisotopic (exact) mass is 945 g/mol. The summed E-state index contributed by atoms with van der Waals surface area (Å²) in [7, 11) is 0. The molecule has 1 heterocycles. The molecular weight excluding hydrogens is 899 g/mol. The summed E-state index contributed by atoms with van der Waals surface area (Å²) >= 11 is 1.86. The van der Waals surface area contributed by atoms with Crippen molar-refractivity contribution >= 4 is 59.3 Å². The molecule has 0 N–H and O–H groups in total. The Morgan fingerprint density at radius 2 is 0.726 bits per heavy atom. The number of fused-ring (bicyclic) bond motifs is 7. The van der Waals surface area contributed by atoms with Gasteiger partial charge in [0.2, 0.25) is 0 Å². The number of hydrogen-bond donors (Lipinski definition) is 0. The van der Waals surface area contributed by atoms with Gasteiger partial charge in [-0.3, -0.25) is 0 Å². The van der Waals surface area contributed by atoms with Crippen LogP contribution in [0.25, 0.3) is 86.6 Å². The smallest absolute Gasteiger partial charge is 0.0713 e. The average molecular weight is 946 g/mol. The highest BCUT2D eigenvalue weighted by atomic mass is 32.1. The number of hydrogen-bond acceptors (Lipinski definition) is 2. The van der Waals surface area contributed by atoms with Crippen LogP contribution in [0.3, 0.4) is 0 Å². The molecule has 342 valence electrons. The summed E-state index contributed by atoms with van der Waals surface area (Å²) < 4.78 is 2.63. The molecule has 0 amide bonds. The average Bonchev–Trinajstić information content (AvgIpc) is 3.99. The van der Waals surface area contributed by atoms with E-state index in [2.05, 4.69) is 290 Å². The zero-order chi connectivity index (χ0) is 48.3. The lowest BCUT2D eigenvalue weighted by Gasteiger charge is -2.34. The fraction of sp³-hybridized carbons (Fsp3) is 0.0141. The van der Waals surface area contributed by atoms with Crippen molar-refractivity contribution in [1.82, 2.24) is 0 Å². The van der Waals surface area contributed by atoms with E-state index in [0.717, 1.165) is 17.1 Å². The van der Waals surface area contributed by atoms with Crippen LogP contribution in [0.2, 0.25) is 0 Å². The molecule has 0 atom stereocenters. The van der Waals surface area contributed by atoms with Crippen molar-refractivity contribution in [3.63, 3.8) is 0 Å². The van der Waals surface area contributed by atoms with Crippen molar-refractivity contribution in [2.24, 2.45) is 0 Å². The Kier molecular flexibility index (Phi) is 10.3. The zero-order valence-corrected chi connectivity index (χ0v) is 40.8. The largest absolute Gasteiger partial charge is 0.311 e. The van der Waals surface area contributed by atoms with E-state index in [1.807, 2.05) is 11.3 Å². The first kappa shape index (κ1) is 42.8. The van der Waals surface area contributed by atoms with Gasteiger partial charge < -0.3 is 4.90 Å². The molecule has 0 saturated heterocycles. The summed E-state index contributed by atoms with van der Waals surface area (Å²) in [6, 6.07) is 105. The number of anilines is 3. The summed E-state index contributed by atoms with van der Waals surface area (Å²) in [5.74, 6) is 0. The van der Waals surface area contributed by atoms with Crippen molar-refractivity contribution in [2.75, 3.05) is 4.90 Å². The van der Waals surface area contributed by atoms with E-state index >= 15 is 0 Å². The third-order valence-electron chi connectivity index (χ3n) is 15.2. The van der Waals surface area contributed by atoms with Crippen LogP contribution in [0.5, 0.6) is 0 Å². The molecule has 73 heavy (non-hydrogen) atoms. The van der Waals surface area contributed by atoms with Crippen molar-refractivity contribution in [3.05, 3.63) is 307 Å². The van der Waals surface area contributed by atoms with E-state index in [0.29, 0.717) is 0 Å². The molecule has 0 bridgehead atoms. The van der Waals surface area contributed by atoms with E-state index in [1.165, 1.54) is 109 Å². The Morgan fingerprint density at radius 1 is 0.260 bits per heavy atom. The third kappa shape index (κ3) is 7.21. The molecule has 1 nitrogen and oxygen atoms in total. The van der Waals surface area contributed by atoms with E-state index in [-0.39, 0.29) is 0 Å². The molecule has 0 spiro atoms. The van der Waals surface area contributed by atoms with Crippen LogP contribution in [0, 0.1) is 0 Å². The van der Waals surface area contributed by atoms with Gasteiger partial charge in [-0.15, -0.1) is 11.3 Å². The minimum atomic E-state index is -0.458. The fourth-order valence-corrected chi connectivity index (χ4v) is 12.9. The van der Waals surface area contributed by atoms with Crippen LogP contribution >= 0.6 is 11.3 Å². The maximum atomic E-state index is 2.45. The van der Waals surface area contributed by atoms with Gasteiger partial charge in [0.25, 0.3) is 0 Å². The lowest BCUT2D eigenvalue weighted by atomic mass is 9.67. The summed E-state index contributed by atoms with van der Waals surface area (Å²) in [6.07, 6.45) is 0. The van der Waals surface area contributed by atoms with Gasteiger partial charge >= 0.3 is 0 Å². The summed E-state index contributed by atoms with van der Waals surface area (Å²) in [5.41, 5.74) is 20.2. The maximum absolute atomic E-state index is 2.45. The fourth-order valence-electron chi connectivity index (χ4n) is 11.7. The Balaban J connectivity index is 0.847. The van der Waals surface area contributed by atoms with Crippen molar-refractivity contribution < 1.29 is 0 Å². The second-order valence-corrected chi connectivity index (χ2v) is 20.3. The predicted molar refractivity (Wildman–Crippen MR) is 311 cm³/mol. The quantitative estimate of drug-likeness (QED) is 0.139. The molecule has 12 aromatic carbocycles. The molecule has 0 aliphatic heterocycles. The molecule has 0 radical (unpaired) electrons. The Labute approximate surface area is 430 Å². The first-order valence-corrected chi connectivity index (χ1v) is 26.0. The highest BCUT2D eigenvalue weighted by Crippen LogP contribution is 2.57. The lowest BCUT2D eigenvalue weighted by molar-refractivity contribution is 0.769. The second kappa shape index (κ2) is 17.6. The van der Waals surface area contributed by atoms with Gasteiger partial charge in [0.1, 0.15) is 0 Å². The number of benzene rings is 12. The Morgan fingerprint density at radius 3 is 1.41 bits per heavy atom. The minimum absolute atomic E-state index is 0.458. The molecule has 1 aliphatic rings. The number of thiophene rings is 1. The molecule has 0 unspecified atom stereocenters. The molecule has 2 heteroatoms. The highest BCUT2D eigenvalue weighted by Gasteiger charge is 2.46. The van der Waals surface area contributed by atoms with Crippen LogP contribution < -0.4 is 4.90 Å². The van der Waals surface area contributed by atoms with Gasteiger partial charge in [0.15, 0.2) is 0 Å². The molecule has 0 fully saturated rings. The molecule has 14 rings (SSSR count). The van der Waals surface area contributed by atoms with Crippen LogP contribution in [-0.4, -0.2) is 0 Å². The molecule has 0 saturated carbocycles. The summed E-state index contributed by atoms with van der Waals surface area (Å²) in [6.45, 7) is 0. The van der Waals surface area contributed by atoms with E-state index in [4.69, 9.17) is 0 Å². The molecule has 1 aromatic heterocycles.